The highest BCUT2D eigenvalue weighted by Crippen LogP contribution is 2.31. The Balaban J connectivity index is 2.84. The average molecular weight is 192 g/mol. The lowest BCUT2D eigenvalue weighted by atomic mass is 9.86. The van der Waals surface area contributed by atoms with Crippen molar-refractivity contribution in [1.29, 1.82) is 0 Å². The van der Waals surface area contributed by atoms with E-state index >= 15 is 0 Å². The molecule has 0 spiro atoms. The fourth-order valence-electron chi connectivity index (χ4n) is 1.80. The first-order valence-electron chi connectivity index (χ1n) is 4.18. The van der Waals surface area contributed by atoms with Crippen molar-refractivity contribution in [2.24, 2.45) is 11.3 Å². The van der Waals surface area contributed by atoms with Crippen LogP contribution in [0.15, 0.2) is 0 Å². The van der Waals surface area contributed by atoms with E-state index in [-0.39, 0.29) is 11.2 Å². The zero-order chi connectivity index (χ0) is 9.41. The van der Waals surface area contributed by atoms with E-state index in [1.54, 1.807) is 0 Å². The summed E-state index contributed by atoms with van der Waals surface area (Å²) in [4.78, 5) is 0. The van der Waals surface area contributed by atoms with Crippen LogP contribution in [0.4, 0.5) is 0 Å². The van der Waals surface area contributed by atoms with E-state index in [0.29, 0.717) is 12.5 Å². The third kappa shape index (κ3) is 2.75. The molecule has 0 aromatic carbocycles. The van der Waals surface area contributed by atoms with Crippen molar-refractivity contribution in [2.75, 3.05) is 12.4 Å². The second-order valence-electron chi connectivity index (χ2n) is 4.46. The Morgan fingerprint density at radius 2 is 2.00 bits per heavy atom. The highest BCUT2D eigenvalue weighted by atomic mass is 32.2. The van der Waals surface area contributed by atoms with E-state index in [1.807, 2.05) is 20.8 Å². The quantitative estimate of drug-likeness (QED) is 0.545. The topological polar surface area (TPSA) is 43.4 Å². The monoisotopic (exact) mass is 192 g/mol. The summed E-state index contributed by atoms with van der Waals surface area (Å²) in [5.41, 5.74) is -0.144. The van der Waals surface area contributed by atoms with Gasteiger partial charge in [-0.05, 0) is 17.8 Å². The van der Waals surface area contributed by atoms with Gasteiger partial charge in [0.15, 0.2) is 0 Å². The molecule has 0 radical (unpaired) electrons. The SMILES string of the molecule is CC1COS(=O)(=O)CC(C)(C)C1. The normalized spacial score (nSPS) is 34.1. The molecule has 0 saturated carbocycles. The first kappa shape index (κ1) is 9.99. The van der Waals surface area contributed by atoms with Crippen LogP contribution in [0.25, 0.3) is 0 Å². The highest BCUT2D eigenvalue weighted by Gasteiger charge is 2.32. The predicted molar refractivity (Wildman–Crippen MR) is 47.3 cm³/mol. The zero-order valence-electron chi connectivity index (χ0n) is 7.83. The molecule has 72 valence electrons. The van der Waals surface area contributed by atoms with Crippen molar-refractivity contribution in [2.45, 2.75) is 27.2 Å². The predicted octanol–water partition coefficient (Wildman–Crippen LogP) is 1.40. The summed E-state index contributed by atoms with van der Waals surface area (Å²) >= 11 is 0. The van der Waals surface area contributed by atoms with Gasteiger partial charge in [-0.3, -0.25) is 4.18 Å². The third-order valence-electron chi connectivity index (χ3n) is 2.00. The molecule has 4 heteroatoms. The number of hydrogen-bond donors (Lipinski definition) is 0. The van der Waals surface area contributed by atoms with Crippen molar-refractivity contribution < 1.29 is 12.6 Å². The summed E-state index contributed by atoms with van der Waals surface area (Å²) in [5, 5.41) is 0. The van der Waals surface area contributed by atoms with Crippen LogP contribution in [0.1, 0.15) is 27.2 Å². The van der Waals surface area contributed by atoms with Gasteiger partial charge in [-0.15, -0.1) is 0 Å². The maximum absolute atomic E-state index is 11.2. The van der Waals surface area contributed by atoms with Crippen molar-refractivity contribution in [3.05, 3.63) is 0 Å². The number of rotatable bonds is 0. The first-order chi connectivity index (χ1) is 5.31. The molecule has 1 saturated heterocycles. The zero-order valence-corrected chi connectivity index (χ0v) is 8.65. The van der Waals surface area contributed by atoms with E-state index in [0.717, 1.165) is 6.42 Å². The summed E-state index contributed by atoms with van der Waals surface area (Å²) in [6.45, 7) is 6.29. The smallest absolute Gasteiger partial charge is 0.267 e. The summed E-state index contributed by atoms with van der Waals surface area (Å²) in [7, 11) is -3.26. The van der Waals surface area contributed by atoms with Gasteiger partial charge >= 0.3 is 0 Å². The minimum absolute atomic E-state index is 0.143. The molecule has 3 nitrogen and oxygen atoms in total. The van der Waals surface area contributed by atoms with Crippen LogP contribution >= 0.6 is 0 Å². The van der Waals surface area contributed by atoms with Crippen molar-refractivity contribution in [3.8, 4) is 0 Å². The van der Waals surface area contributed by atoms with Crippen molar-refractivity contribution in [1.82, 2.24) is 0 Å². The van der Waals surface area contributed by atoms with Gasteiger partial charge in [-0.2, -0.15) is 8.42 Å². The van der Waals surface area contributed by atoms with Crippen molar-refractivity contribution >= 4 is 10.1 Å². The molecule has 1 unspecified atom stereocenters. The molecule has 0 amide bonds. The van der Waals surface area contributed by atoms with Gasteiger partial charge in [0.25, 0.3) is 10.1 Å². The molecule has 1 fully saturated rings. The van der Waals surface area contributed by atoms with E-state index in [9.17, 15) is 8.42 Å². The lowest BCUT2D eigenvalue weighted by Gasteiger charge is -2.22. The van der Waals surface area contributed by atoms with E-state index in [4.69, 9.17) is 4.18 Å². The molecule has 0 aliphatic carbocycles. The molecule has 1 rings (SSSR count). The van der Waals surface area contributed by atoms with Crippen LogP contribution in [-0.2, 0) is 14.3 Å². The maximum Gasteiger partial charge on any atom is 0.267 e. The van der Waals surface area contributed by atoms with Crippen LogP contribution in [0, 0.1) is 11.3 Å². The Morgan fingerprint density at radius 1 is 1.42 bits per heavy atom. The Hall–Kier alpha value is -0.0900. The Bertz CT molecular complexity index is 253. The molecule has 0 bridgehead atoms. The number of hydrogen-bond acceptors (Lipinski definition) is 3. The summed E-state index contributed by atoms with van der Waals surface area (Å²) < 4.78 is 27.2. The molecule has 1 atom stereocenters. The average Bonchev–Trinajstić information content (AvgIpc) is 1.86. The molecule has 1 heterocycles. The Morgan fingerprint density at radius 3 is 2.58 bits per heavy atom. The van der Waals surface area contributed by atoms with Crippen LogP contribution in [0.5, 0.6) is 0 Å². The largest absolute Gasteiger partial charge is 0.270 e. The van der Waals surface area contributed by atoms with Gasteiger partial charge in [-0.25, -0.2) is 0 Å². The van der Waals surface area contributed by atoms with Crippen LogP contribution in [0.3, 0.4) is 0 Å². The van der Waals surface area contributed by atoms with Gasteiger partial charge in [0.2, 0.25) is 0 Å². The maximum atomic E-state index is 11.2. The van der Waals surface area contributed by atoms with Gasteiger partial charge in [0.1, 0.15) is 0 Å². The Kier molecular flexibility index (Phi) is 2.50. The van der Waals surface area contributed by atoms with Gasteiger partial charge in [0, 0.05) is 0 Å². The minimum Gasteiger partial charge on any atom is -0.270 e. The van der Waals surface area contributed by atoms with Crippen LogP contribution in [-0.4, -0.2) is 20.8 Å². The molecule has 0 aromatic rings. The molecule has 1 aliphatic heterocycles. The second-order valence-corrected chi connectivity index (χ2v) is 6.10. The summed E-state index contributed by atoms with van der Waals surface area (Å²) in [5.74, 6) is 0.474. The van der Waals surface area contributed by atoms with E-state index in [1.165, 1.54) is 0 Å². The summed E-state index contributed by atoms with van der Waals surface area (Å²) in [6.07, 6.45) is 0.909. The second kappa shape index (κ2) is 3.00. The molecule has 1 aliphatic rings. The lowest BCUT2D eigenvalue weighted by molar-refractivity contribution is 0.245. The lowest BCUT2D eigenvalue weighted by Crippen LogP contribution is -2.22. The van der Waals surface area contributed by atoms with Crippen LogP contribution in [0.2, 0.25) is 0 Å². The molecule has 0 N–H and O–H groups in total. The molecular weight excluding hydrogens is 176 g/mol. The fourth-order valence-corrected chi connectivity index (χ4v) is 3.40. The fraction of sp³-hybridized carbons (Fsp3) is 1.00. The molecule has 0 aromatic heterocycles. The standard InChI is InChI=1S/C8H16O3S/c1-7-4-8(2,3)6-12(9,10)11-5-7/h7H,4-6H2,1-3H3. The van der Waals surface area contributed by atoms with E-state index < -0.39 is 10.1 Å². The first-order valence-corrected chi connectivity index (χ1v) is 5.76. The van der Waals surface area contributed by atoms with Gasteiger partial charge < -0.3 is 0 Å². The molecular formula is C8H16O3S. The van der Waals surface area contributed by atoms with Gasteiger partial charge in [0.05, 0.1) is 12.4 Å². The van der Waals surface area contributed by atoms with Crippen LogP contribution < -0.4 is 0 Å². The molecule has 12 heavy (non-hydrogen) atoms. The minimum atomic E-state index is -3.26. The summed E-state index contributed by atoms with van der Waals surface area (Å²) in [6, 6.07) is 0. The third-order valence-corrected chi connectivity index (χ3v) is 3.63. The Labute approximate surface area is 74.2 Å². The van der Waals surface area contributed by atoms with Crippen molar-refractivity contribution in [3.63, 3.8) is 0 Å². The van der Waals surface area contributed by atoms with Gasteiger partial charge in [-0.1, -0.05) is 20.8 Å². The van der Waals surface area contributed by atoms with E-state index in [2.05, 4.69) is 0 Å². The highest BCUT2D eigenvalue weighted by molar-refractivity contribution is 7.86.